The number of aromatic nitrogens is 1. The van der Waals surface area contributed by atoms with E-state index >= 15 is 0 Å². The monoisotopic (exact) mass is 283 g/mol. The van der Waals surface area contributed by atoms with E-state index in [-0.39, 0.29) is 5.43 Å². The Hall–Kier alpha value is -2.06. The molecule has 0 amide bonds. The Morgan fingerprint density at radius 1 is 1.05 bits per heavy atom. The van der Waals surface area contributed by atoms with Gasteiger partial charge in [-0.2, -0.15) is 0 Å². The molecule has 1 heterocycles. The van der Waals surface area contributed by atoms with Crippen LogP contribution in [0.1, 0.15) is 5.56 Å². The number of hydrogen-bond acceptors (Lipinski definition) is 1. The van der Waals surface area contributed by atoms with Crippen molar-refractivity contribution in [1.29, 1.82) is 0 Å². The fourth-order valence-electron chi connectivity index (χ4n) is 2.44. The summed E-state index contributed by atoms with van der Waals surface area (Å²) in [5, 5.41) is 1.42. The van der Waals surface area contributed by atoms with Crippen molar-refractivity contribution in [3.05, 3.63) is 69.5 Å². The molecule has 0 aliphatic carbocycles. The molecule has 0 aliphatic rings. The molecule has 2 nitrogen and oxygen atoms in total. The van der Waals surface area contributed by atoms with Gasteiger partial charge in [-0.15, -0.1) is 0 Å². The van der Waals surface area contributed by atoms with Crippen LogP contribution in [0.5, 0.6) is 0 Å². The lowest BCUT2D eigenvalue weighted by atomic mass is 10.0. The molecule has 0 bridgehead atoms. The third-order valence-electron chi connectivity index (χ3n) is 3.50. The Labute approximate surface area is 122 Å². The van der Waals surface area contributed by atoms with Crippen LogP contribution in [0.4, 0.5) is 0 Å². The topological polar surface area (TPSA) is 22.0 Å². The number of halogens is 1. The summed E-state index contributed by atoms with van der Waals surface area (Å²) >= 11 is 5.90. The molecule has 1 aromatic heterocycles. The van der Waals surface area contributed by atoms with Gasteiger partial charge in [-0.1, -0.05) is 35.4 Å². The summed E-state index contributed by atoms with van der Waals surface area (Å²) in [5.41, 5.74) is 3.67. The molecule has 0 atom stereocenters. The van der Waals surface area contributed by atoms with Gasteiger partial charge in [0.25, 0.3) is 0 Å². The highest BCUT2D eigenvalue weighted by Crippen LogP contribution is 2.21. The maximum absolute atomic E-state index is 12.7. The second-order valence-corrected chi connectivity index (χ2v) is 5.45. The van der Waals surface area contributed by atoms with Crippen molar-refractivity contribution in [3.63, 3.8) is 0 Å². The van der Waals surface area contributed by atoms with E-state index < -0.39 is 0 Å². The Morgan fingerprint density at radius 3 is 2.45 bits per heavy atom. The fraction of sp³-hybridized carbons (Fsp3) is 0.118. The van der Waals surface area contributed by atoms with E-state index in [1.807, 2.05) is 55.1 Å². The zero-order chi connectivity index (χ0) is 14.3. The summed E-state index contributed by atoms with van der Waals surface area (Å²) in [5.74, 6) is 0. The first kappa shape index (κ1) is 12.9. The van der Waals surface area contributed by atoms with Crippen LogP contribution >= 0.6 is 11.6 Å². The predicted molar refractivity (Wildman–Crippen MR) is 84.4 cm³/mol. The van der Waals surface area contributed by atoms with Crippen molar-refractivity contribution in [2.24, 2.45) is 7.05 Å². The SMILES string of the molecule is Cc1ccc2c(c1)c(=O)c(-c1ccc(Cl)cc1)cn2C. The molecule has 3 heteroatoms. The lowest BCUT2D eigenvalue weighted by molar-refractivity contribution is 0.952. The first-order valence-corrected chi connectivity index (χ1v) is 6.80. The van der Waals surface area contributed by atoms with Crippen molar-refractivity contribution in [2.45, 2.75) is 6.92 Å². The van der Waals surface area contributed by atoms with Crippen molar-refractivity contribution in [2.75, 3.05) is 0 Å². The molecule has 3 aromatic rings. The van der Waals surface area contributed by atoms with Gasteiger partial charge in [0.2, 0.25) is 0 Å². The summed E-state index contributed by atoms with van der Waals surface area (Å²) in [6, 6.07) is 13.3. The van der Waals surface area contributed by atoms with Crippen LogP contribution in [0.3, 0.4) is 0 Å². The van der Waals surface area contributed by atoms with Gasteiger partial charge >= 0.3 is 0 Å². The molecule has 20 heavy (non-hydrogen) atoms. The van der Waals surface area contributed by atoms with Crippen LogP contribution in [0.15, 0.2) is 53.5 Å². The zero-order valence-corrected chi connectivity index (χ0v) is 12.1. The standard InChI is InChI=1S/C17H14ClNO/c1-11-3-8-16-14(9-11)17(20)15(10-19(16)2)12-4-6-13(18)7-5-12/h3-10H,1-2H3. The minimum atomic E-state index is 0.0594. The first-order valence-electron chi connectivity index (χ1n) is 6.42. The molecular formula is C17H14ClNO. The molecule has 0 saturated heterocycles. The molecule has 0 saturated carbocycles. The Morgan fingerprint density at radius 2 is 1.75 bits per heavy atom. The second kappa shape index (κ2) is 4.80. The van der Waals surface area contributed by atoms with E-state index in [0.717, 1.165) is 22.0 Å². The van der Waals surface area contributed by atoms with Gasteiger partial charge in [-0.05, 0) is 36.8 Å². The van der Waals surface area contributed by atoms with Crippen LogP contribution in [0, 0.1) is 6.92 Å². The number of benzene rings is 2. The van der Waals surface area contributed by atoms with Crippen LogP contribution in [0.2, 0.25) is 5.02 Å². The van der Waals surface area contributed by atoms with Gasteiger partial charge < -0.3 is 4.57 Å². The summed E-state index contributed by atoms with van der Waals surface area (Å²) in [4.78, 5) is 12.7. The molecule has 0 aliphatic heterocycles. The molecular weight excluding hydrogens is 270 g/mol. The summed E-state index contributed by atoms with van der Waals surface area (Å²) in [7, 11) is 1.95. The summed E-state index contributed by atoms with van der Waals surface area (Å²) < 4.78 is 1.99. The van der Waals surface area contributed by atoms with Crippen molar-refractivity contribution >= 4 is 22.5 Å². The maximum Gasteiger partial charge on any atom is 0.197 e. The van der Waals surface area contributed by atoms with Gasteiger partial charge in [0, 0.05) is 29.2 Å². The fourth-order valence-corrected chi connectivity index (χ4v) is 2.57. The normalized spacial score (nSPS) is 10.9. The quantitative estimate of drug-likeness (QED) is 0.657. The van der Waals surface area contributed by atoms with E-state index in [0.29, 0.717) is 10.6 Å². The maximum atomic E-state index is 12.7. The van der Waals surface area contributed by atoms with Gasteiger partial charge in [-0.3, -0.25) is 4.79 Å². The Bertz CT molecular complexity index is 847. The van der Waals surface area contributed by atoms with E-state index in [9.17, 15) is 4.79 Å². The zero-order valence-electron chi connectivity index (χ0n) is 11.4. The minimum absolute atomic E-state index is 0.0594. The van der Waals surface area contributed by atoms with E-state index in [1.165, 1.54) is 0 Å². The third-order valence-corrected chi connectivity index (χ3v) is 3.75. The lowest BCUT2D eigenvalue weighted by Gasteiger charge is -2.10. The van der Waals surface area contributed by atoms with Crippen LogP contribution < -0.4 is 5.43 Å². The highest BCUT2D eigenvalue weighted by molar-refractivity contribution is 6.30. The molecule has 0 radical (unpaired) electrons. The molecule has 0 spiro atoms. The van der Waals surface area contributed by atoms with Gasteiger partial charge in [0.1, 0.15) is 0 Å². The van der Waals surface area contributed by atoms with Gasteiger partial charge in [-0.25, -0.2) is 0 Å². The number of fused-ring (bicyclic) bond motifs is 1. The second-order valence-electron chi connectivity index (χ2n) is 5.01. The van der Waals surface area contributed by atoms with E-state index in [1.54, 1.807) is 12.1 Å². The lowest BCUT2D eigenvalue weighted by Crippen LogP contribution is -2.10. The molecule has 100 valence electrons. The first-order chi connectivity index (χ1) is 9.56. The van der Waals surface area contributed by atoms with Gasteiger partial charge in [0.15, 0.2) is 5.43 Å². The molecule has 2 aromatic carbocycles. The van der Waals surface area contributed by atoms with Crippen LogP contribution in [-0.4, -0.2) is 4.57 Å². The van der Waals surface area contributed by atoms with Crippen LogP contribution in [0.25, 0.3) is 22.0 Å². The van der Waals surface area contributed by atoms with E-state index in [2.05, 4.69) is 0 Å². The molecule has 0 fully saturated rings. The van der Waals surface area contributed by atoms with Crippen molar-refractivity contribution in [1.82, 2.24) is 4.57 Å². The third kappa shape index (κ3) is 2.12. The number of nitrogens with zero attached hydrogens (tertiary/aromatic N) is 1. The molecule has 0 unspecified atom stereocenters. The van der Waals surface area contributed by atoms with Gasteiger partial charge in [0.05, 0.1) is 5.52 Å². The Kier molecular flexibility index (Phi) is 3.11. The largest absolute Gasteiger partial charge is 0.350 e. The molecule has 0 N–H and O–H groups in total. The highest BCUT2D eigenvalue weighted by atomic mass is 35.5. The van der Waals surface area contributed by atoms with E-state index in [4.69, 9.17) is 11.6 Å². The molecule has 3 rings (SSSR count). The van der Waals surface area contributed by atoms with Crippen LogP contribution in [-0.2, 0) is 7.05 Å². The number of pyridine rings is 1. The van der Waals surface area contributed by atoms with Crippen molar-refractivity contribution < 1.29 is 0 Å². The number of aryl methyl sites for hydroxylation is 2. The average Bonchev–Trinajstić information content (AvgIpc) is 2.44. The number of hydrogen-bond donors (Lipinski definition) is 0. The number of rotatable bonds is 1. The predicted octanol–water partition coefficient (Wildman–Crippen LogP) is 4.17. The Balaban J connectivity index is 2.35. The average molecular weight is 284 g/mol. The summed E-state index contributed by atoms with van der Waals surface area (Å²) in [6.45, 7) is 1.99. The highest BCUT2D eigenvalue weighted by Gasteiger charge is 2.09. The minimum Gasteiger partial charge on any atom is -0.350 e. The van der Waals surface area contributed by atoms with Crippen molar-refractivity contribution in [3.8, 4) is 11.1 Å². The summed E-state index contributed by atoms with van der Waals surface area (Å²) in [6.07, 6.45) is 1.88. The smallest absolute Gasteiger partial charge is 0.197 e.